The number of likely N-dealkylation sites (tertiary alicyclic amines) is 1. The number of hydrogen-bond acceptors (Lipinski definition) is 4. The lowest BCUT2D eigenvalue weighted by molar-refractivity contribution is 0.0331. The predicted octanol–water partition coefficient (Wildman–Crippen LogP) is 6.68. The molecule has 5 atom stereocenters. The number of aromatic nitrogens is 2. The van der Waals surface area contributed by atoms with Crippen LogP contribution in [0, 0.1) is 17.8 Å². The third-order valence-corrected chi connectivity index (χ3v) is 9.22. The van der Waals surface area contributed by atoms with Crippen LogP contribution in [0.5, 0.6) is 0 Å². The molecular weight excluding hydrogens is 454 g/mol. The van der Waals surface area contributed by atoms with Gasteiger partial charge in [-0.05, 0) is 54.3 Å². The van der Waals surface area contributed by atoms with Crippen molar-refractivity contribution in [3.63, 3.8) is 0 Å². The zero-order valence-electron chi connectivity index (χ0n) is 21.1. The van der Waals surface area contributed by atoms with Crippen molar-refractivity contribution in [3.05, 3.63) is 109 Å². The number of fused-ring (bicyclic) bond motifs is 4. The summed E-state index contributed by atoms with van der Waals surface area (Å²) in [6, 6.07) is 27.1. The Morgan fingerprint density at radius 2 is 1.57 bits per heavy atom. The standard InChI is InChI=1S/C33H31N3O/c1-3-27-28-17-19-36(20-26-23-11-5-8-14-30(23)35-31-15-9-6-12-24(26)31)33(27,28)21(2)32(37)25-16-18-34-29-13-7-4-10-22(25)29/h3-16,18,21,27-28,32,37H,1,17,19-20H2,2H3/t21-,27?,28?,32+,33-/m0/s1. The summed E-state index contributed by atoms with van der Waals surface area (Å²) in [5.74, 6) is 0.925. The number of hydrogen-bond donors (Lipinski definition) is 1. The molecule has 0 amide bonds. The van der Waals surface area contributed by atoms with Gasteiger partial charge in [-0.25, -0.2) is 4.98 Å². The van der Waals surface area contributed by atoms with Gasteiger partial charge in [-0.2, -0.15) is 0 Å². The molecule has 2 aromatic heterocycles. The molecule has 37 heavy (non-hydrogen) atoms. The fourth-order valence-corrected chi connectivity index (χ4v) is 7.53. The molecule has 0 spiro atoms. The maximum atomic E-state index is 11.9. The quantitative estimate of drug-likeness (QED) is 0.215. The van der Waals surface area contributed by atoms with Gasteiger partial charge in [0.25, 0.3) is 0 Å². The first kappa shape index (κ1) is 22.6. The molecule has 7 rings (SSSR count). The summed E-state index contributed by atoms with van der Waals surface area (Å²) in [4.78, 5) is 12.1. The van der Waals surface area contributed by atoms with Gasteiger partial charge in [0.15, 0.2) is 0 Å². The maximum Gasteiger partial charge on any atom is 0.0840 e. The molecule has 0 bridgehead atoms. The van der Waals surface area contributed by atoms with Crippen LogP contribution in [-0.4, -0.2) is 32.1 Å². The smallest absolute Gasteiger partial charge is 0.0840 e. The number of piperidine rings is 1. The first-order valence-corrected chi connectivity index (χ1v) is 13.3. The Labute approximate surface area is 217 Å². The zero-order valence-corrected chi connectivity index (χ0v) is 21.1. The Kier molecular flexibility index (Phi) is 5.17. The molecule has 1 aliphatic heterocycles. The van der Waals surface area contributed by atoms with Gasteiger partial charge < -0.3 is 5.11 Å². The predicted molar refractivity (Wildman–Crippen MR) is 150 cm³/mol. The van der Waals surface area contributed by atoms with Crippen molar-refractivity contribution in [2.24, 2.45) is 17.8 Å². The normalized spacial score (nSPS) is 24.8. The topological polar surface area (TPSA) is 49.2 Å². The summed E-state index contributed by atoms with van der Waals surface area (Å²) in [7, 11) is 0. The lowest BCUT2D eigenvalue weighted by Crippen LogP contribution is -2.43. The molecule has 1 saturated heterocycles. The molecular formula is C33H31N3O. The first-order chi connectivity index (χ1) is 18.1. The van der Waals surface area contributed by atoms with E-state index in [4.69, 9.17) is 4.98 Å². The number of rotatable bonds is 6. The molecule has 4 heteroatoms. The van der Waals surface area contributed by atoms with Crippen molar-refractivity contribution in [2.75, 3.05) is 6.54 Å². The second-order valence-corrected chi connectivity index (χ2v) is 10.7. The lowest BCUT2D eigenvalue weighted by Gasteiger charge is -2.38. The molecule has 2 fully saturated rings. The Bertz CT molecular complexity index is 1600. The largest absolute Gasteiger partial charge is 0.388 e. The van der Waals surface area contributed by atoms with Crippen molar-refractivity contribution < 1.29 is 5.11 Å². The Morgan fingerprint density at radius 3 is 2.22 bits per heavy atom. The van der Waals surface area contributed by atoms with Gasteiger partial charge in [-0.3, -0.25) is 9.88 Å². The highest BCUT2D eigenvalue weighted by atomic mass is 16.3. The average Bonchev–Trinajstić information content (AvgIpc) is 3.47. The monoisotopic (exact) mass is 485 g/mol. The SMILES string of the molecule is C=CC1C2CCN(Cc3c4ccccc4nc4ccccc34)[C@@]12[C@@H](C)[C@@H](O)c1ccnc2ccccc12. The Balaban J connectivity index is 1.32. The second-order valence-electron chi connectivity index (χ2n) is 10.7. The summed E-state index contributed by atoms with van der Waals surface area (Å²) in [6.45, 7) is 8.32. The second kappa shape index (κ2) is 8.47. The molecule has 3 heterocycles. The van der Waals surface area contributed by atoms with Gasteiger partial charge in [0.1, 0.15) is 0 Å². The van der Waals surface area contributed by atoms with Crippen molar-refractivity contribution in [3.8, 4) is 0 Å². The average molecular weight is 486 g/mol. The summed E-state index contributed by atoms with van der Waals surface area (Å²) < 4.78 is 0. The van der Waals surface area contributed by atoms with E-state index >= 15 is 0 Å². The number of benzene rings is 3. The van der Waals surface area contributed by atoms with Crippen LogP contribution < -0.4 is 0 Å². The van der Waals surface area contributed by atoms with Gasteiger partial charge in [0.05, 0.1) is 22.7 Å². The number of pyridine rings is 2. The van der Waals surface area contributed by atoms with Crippen LogP contribution in [0.1, 0.15) is 30.6 Å². The van der Waals surface area contributed by atoms with Crippen LogP contribution in [-0.2, 0) is 6.54 Å². The molecule has 1 N–H and O–H groups in total. The third-order valence-electron chi connectivity index (χ3n) is 9.22. The van der Waals surface area contributed by atoms with E-state index in [2.05, 4.69) is 84.1 Å². The fourth-order valence-electron chi connectivity index (χ4n) is 7.53. The van der Waals surface area contributed by atoms with Crippen LogP contribution in [0.25, 0.3) is 32.7 Å². The molecule has 0 radical (unpaired) electrons. The van der Waals surface area contributed by atoms with E-state index in [-0.39, 0.29) is 11.5 Å². The van der Waals surface area contributed by atoms with Crippen LogP contribution in [0.4, 0.5) is 0 Å². The van der Waals surface area contributed by atoms with Gasteiger partial charge in [-0.15, -0.1) is 6.58 Å². The van der Waals surface area contributed by atoms with E-state index in [0.717, 1.165) is 47.0 Å². The highest BCUT2D eigenvalue weighted by Gasteiger charge is 2.72. The highest BCUT2D eigenvalue weighted by molar-refractivity contribution is 5.97. The molecule has 1 aliphatic carbocycles. The van der Waals surface area contributed by atoms with Crippen molar-refractivity contribution in [1.82, 2.24) is 14.9 Å². The van der Waals surface area contributed by atoms with Crippen LogP contribution in [0.3, 0.4) is 0 Å². The molecule has 2 aliphatic rings. The van der Waals surface area contributed by atoms with Crippen molar-refractivity contribution in [1.29, 1.82) is 0 Å². The van der Waals surface area contributed by atoms with Gasteiger partial charge in [0, 0.05) is 46.3 Å². The Hall–Kier alpha value is -3.60. The summed E-state index contributed by atoms with van der Waals surface area (Å²) >= 11 is 0. The molecule has 4 nitrogen and oxygen atoms in total. The van der Waals surface area contributed by atoms with Gasteiger partial charge in [-0.1, -0.05) is 67.6 Å². The first-order valence-electron chi connectivity index (χ1n) is 13.3. The summed E-state index contributed by atoms with van der Waals surface area (Å²) in [5.41, 5.74) is 5.17. The number of aliphatic hydroxyl groups excluding tert-OH is 1. The lowest BCUT2D eigenvalue weighted by atomic mass is 9.84. The maximum absolute atomic E-state index is 11.9. The third kappa shape index (κ3) is 3.22. The van der Waals surface area contributed by atoms with Gasteiger partial charge in [0.2, 0.25) is 0 Å². The van der Waals surface area contributed by atoms with Crippen molar-refractivity contribution in [2.45, 2.75) is 31.5 Å². The van der Waals surface area contributed by atoms with Crippen LogP contribution >= 0.6 is 0 Å². The van der Waals surface area contributed by atoms with Gasteiger partial charge >= 0.3 is 0 Å². The van der Waals surface area contributed by atoms with Crippen LogP contribution in [0.15, 0.2) is 97.7 Å². The number of nitrogens with zero attached hydrogens (tertiary/aromatic N) is 3. The number of para-hydroxylation sites is 3. The minimum absolute atomic E-state index is 0.0353. The fraction of sp³-hybridized carbons (Fsp3) is 0.273. The molecule has 2 unspecified atom stereocenters. The molecule has 184 valence electrons. The van der Waals surface area contributed by atoms with E-state index in [1.165, 1.54) is 16.3 Å². The zero-order chi connectivity index (χ0) is 25.1. The van der Waals surface area contributed by atoms with E-state index in [9.17, 15) is 5.11 Å². The van der Waals surface area contributed by atoms with E-state index in [0.29, 0.717) is 11.8 Å². The summed E-state index contributed by atoms with van der Waals surface area (Å²) in [6.07, 6.45) is 4.49. The number of aliphatic hydroxyl groups is 1. The molecule has 1 saturated carbocycles. The van der Waals surface area contributed by atoms with E-state index < -0.39 is 6.10 Å². The molecule has 3 aromatic carbocycles. The Morgan fingerprint density at radius 1 is 0.946 bits per heavy atom. The minimum atomic E-state index is -0.591. The highest BCUT2D eigenvalue weighted by Crippen LogP contribution is 2.67. The summed E-state index contributed by atoms with van der Waals surface area (Å²) in [5, 5.41) is 15.3. The van der Waals surface area contributed by atoms with Crippen molar-refractivity contribution >= 4 is 32.7 Å². The minimum Gasteiger partial charge on any atom is -0.388 e. The van der Waals surface area contributed by atoms with Crippen LogP contribution in [0.2, 0.25) is 0 Å². The van der Waals surface area contributed by atoms with E-state index in [1.54, 1.807) is 0 Å². The molecule has 5 aromatic rings. The van der Waals surface area contributed by atoms with E-state index in [1.807, 2.05) is 30.5 Å².